The van der Waals surface area contributed by atoms with Crippen LogP contribution in [0.1, 0.15) is 12.6 Å². The molecule has 0 radical (unpaired) electrons. The highest BCUT2D eigenvalue weighted by molar-refractivity contribution is 5.69. The first-order chi connectivity index (χ1) is 6.49. The van der Waals surface area contributed by atoms with Crippen molar-refractivity contribution in [2.45, 2.75) is 13.3 Å². The van der Waals surface area contributed by atoms with E-state index in [9.17, 15) is 14.8 Å². The minimum atomic E-state index is -0.966. The molecule has 1 aromatic rings. The van der Waals surface area contributed by atoms with E-state index in [4.69, 9.17) is 5.11 Å². The van der Waals surface area contributed by atoms with Crippen molar-refractivity contribution in [3.63, 3.8) is 0 Å². The molecule has 0 fully saturated rings. The van der Waals surface area contributed by atoms with Gasteiger partial charge in [-0.1, -0.05) is 6.92 Å². The van der Waals surface area contributed by atoms with Gasteiger partial charge in [0.15, 0.2) is 6.20 Å². The van der Waals surface area contributed by atoms with Crippen molar-refractivity contribution in [2.24, 2.45) is 5.92 Å². The minimum absolute atomic E-state index is 0.133. The van der Waals surface area contributed by atoms with Crippen LogP contribution in [0.3, 0.4) is 0 Å². The Bertz CT molecular complexity index is 399. The molecule has 0 aliphatic rings. The maximum Gasteiger partial charge on any atom is 0.313 e. The number of carboxylic acids is 1. The Kier molecular flexibility index (Phi) is 2.85. The number of carboxylic acid groups (broad SMARTS) is 1. The lowest BCUT2D eigenvalue weighted by Crippen LogP contribution is -2.33. The Morgan fingerprint density at radius 1 is 1.71 bits per heavy atom. The summed E-state index contributed by atoms with van der Waals surface area (Å²) in [5, 5.41) is 19.4. The topological polar surface area (TPSA) is 97.1 Å². The summed E-state index contributed by atoms with van der Waals surface area (Å²) in [6.45, 7) is 1.50. The number of aliphatic carboxylic acids is 1. The summed E-state index contributed by atoms with van der Waals surface area (Å²) in [4.78, 5) is 23.7. The third kappa shape index (κ3) is 2.58. The molecule has 0 aliphatic heterocycles. The number of hydrogen-bond acceptors (Lipinski definition) is 3. The van der Waals surface area contributed by atoms with E-state index in [1.165, 1.54) is 6.92 Å². The van der Waals surface area contributed by atoms with Crippen molar-refractivity contribution in [1.82, 2.24) is 4.98 Å². The zero-order valence-corrected chi connectivity index (χ0v) is 7.56. The monoisotopic (exact) mass is 198 g/mol. The lowest BCUT2D eigenvalue weighted by Gasteiger charge is -2.04. The van der Waals surface area contributed by atoms with E-state index < -0.39 is 17.4 Å². The highest BCUT2D eigenvalue weighted by Gasteiger charge is 2.13. The molecule has 1 rings (SSSR count). The first-order valence-corrected chi connectivity index (χ1v) is 4.04. The molecule has 6 nitrogen and oxygen atoms in total. The first-order valence-electron chi connectivity index (χ1n) is 4.04. The van der Waals surface area contributed by atoms with Gasteiger partial charge in [-0.2, -0.15) is 4.73 Å². The normalized spacial score (nSPS) is 12.4. The second kappa shape index (κ2) is 3.91. The van der Waals surface area contributed by atoms with Crippen LogP contribution < -0.4 is 10.3 Å². The molecule has 1 unspecified atom stereocenters. The van der Waals surface area contributed by atoms with Gasteiger partial charge in [0.1, 0.15) is 0 Å². The first kappa shape index (κ1) is 10.2. The van der Waals surface area contributed by atoms with Gasteiger partial charge in [0.25, 0.3) is 0 Å². The summed E-state index contributed by atoms with van der Waals surface area (Å²) in [6.07, 6.45) is 2.13. The van der Waals surface area contributed by atoms with Crippen LogP contribution in [-0.2, 0) is 11.2 Å². The third-order valence-electron chi connectivity index (χ3n) is 1.76. The Labute approximate surface area is 79.4 Å². The minimum Gasteiger partial charge on any atom is -0.619 e. The maximum atomic E-state index is 10.8. The lowest BCUT2D eigenvalue weighted by molar-refractivity contribution is -0.607. The number of H-pyrrole nitrogens is 1. The van der Waals surface area contributed by atoms with Gasteiger partial charge in [0, 0.05) is 6.42 Å². The largest absolute Gasteiger partial charge is 0.619 e. The van der Waals surface area contributed by atoms with E-state index in [0.29, 0.717) is 10.4 Å². The summed E-state index contributed by atoms with van der Waals surface area (Å²) >= 11 is 0. The second-order valence-corrected chi connectivity index (χ2v) is 3.08. The van der Waals surface area contributed by atoms with E-state index in [1.54, 1.807) is 0 Å². The van der Waals surface area contributed by atoms with Crippen molar-refractivity contribution >= 4 is 5.97 Å². The summed E-state index contributed by atoms with van der Waals surface area (Å²) in [5.74, 6) is -1.60. The van der Waals surface area contributed by atoms with Crippen LogP contribution in [0.25, 0.3) is 0 Å². The fourth-order valence-electron chi connectivity index (χ4n) is 1.05. The molecular weight excluding hydrogens is 188 g/mol. The van der Waals surface area contributed by atoms with Gasteiger partial charge in [0.05, 0.1) is 11.6 Å². The maximum absolute atomic E-state index is 10.8. The highest BCUT2D eigenvalue weighted by Crippen LogP contribution is 2.02. The summed E-state index contributed by atoms with van der Waals surface area (Å²) in [5.41, 5.74) is -0.211. The highest BCUT2D eigenvalue weighted by atomic mass is 16.5. The van der Waals surface area contributed by atoms with E-state index in [-0.39, 0.29) is 6.42 Å². The summed E-state index contributed by atoms with van der Waals surface area (Å²) < 4.78 is 0.364. The second-order valence-electron chi connectivity index (χ2n) is 3.08. The molecule has 0 amide bonds. The summed E-state index contributed by atoms with van der Waals surface area (Å²) in [6, 6.07) is 0. The fraction of sp³-hybridized carbons (Fsp3) is 0.375. The zero-order chi connectivity index (χ0) is 10.7. The molecule has 0 saturated heterocycles. The quantitative estimate of drug-likeness (QED) is 0.494. The third-order valence-corrected chi connectivity index (χ3v) is 1.76. The van der Waals surface area contributed by atoms with E-state index >= 15 is 0 Å². The SMILES string of the molecule is CC(Cc1c[n+]([O-])cc(=O)[nH]1)C(=O)O. The van der Waals surface area contributed by atoms with Crippen molar-refractivity contribution in [2.75, 3.05) is 0 Å². The van der Waals surface area contributed by atoms with Crippen molar-refractivity contribution in [3.05, 3.63) is 33.6 Å². The number of rotatable bonds is 3. The van der Waals surface area contributed by atoms with Gasteiger partial charge in [-0.05, 0) is 0 Å². The number of nitrogens with one attached hydrogen (secondary N) is 1. The lowest BCUT2D eigenvalue weighted by atomic mass is 10.1. The zero-order valence-electron chi connectivity index (χ0n) is 7.56. The van der Waals surface area contributed by atoms with Crippen LogP contribution in [0.15, 0.2) is 17.2 Å². The molecular formula is C8H10N2O4. The van der Waals surface area contributed by atoms with Crippen LogP contribution in [-0.4, -0.2) is 16.1 Å². The molecule has 1 heterocycles. The van der Waals surface area contributed by atoms with Crippen LogP contribution in [0, 0.1) is 11.1 Å². The van der Waals surface area contributed by atoms with Crippen LogP contribution >= 0.6 is 0 Å². The van der Waals surface area contributed by atoms with E-state index in [0.717, 1.165) is 12.4 Å². The fourth-order valence-corrected chi connectivity index (χ4v) is 1.05. The number of aromatic nitrogens is 2. The van der Waals surface area contributed by atoms with Gasteiger partial charge < -0.3 is 15.3 Å². The average molecular weight is 198 g/mol. The Balaban J connectivity index is 2.87. The Morgan fingerprint density at radius 2 is 2.36 bits per heavy atom. The van der Waals surface area contributed by atoms with Gasteiger partial charge in [-0.25, -0.2) is 0 Å². The van der Waals surface area contributed by atoms with Gasteiger partial charge in [-0.15, -0.1) is 0 Å². The smallest absolute Gasteiger partial charge is 0.313 e. The molecule has 0 aromatic carbocycles. The van der Waals surface area contributed by atoms with Crippen molar-refractivity contribution in [1.29, 1.82) is 0 Å². The van der Waals surface area contributed by atoms with Crippen LogP contribution in [0.5, 0.6) is 0 Å². The van der Waals surface area contributed by atoms with Gasteiger partial charge in [0.2, 0.25) is 6.20 Å². The number of nitrogens with zero attached hydrogens (tertiary/aromatic N) is 1. The molecule has 0 bridgehead atoms. The number of carbonyl (C=O) groups is 1. The van der Waals surface area contributed by atoms with Crippen molar-refractivity contribution < 1.29 is 14.6 Å². The molecule has 0 aliphatic carbocycles. The predicted octanol–water partition coefficient (Wildman–Crippen LogP) is -0.729. The van der Waals surface area contributed by atoms with E-state index in [1.807, 2.05) is 0 Å². The van der Waals surface area contributed by atoms with E-state index in [2.05, 4.69) is 4.98 Å². The molecule has 2 N–H and O–H groups in total. The Morgan fingerprint density at radius 3 is 2.86 bits per heavy atom. The van der Waals surface area contributed by atoms with Crippen molar-refractivity contribution in [3.8, 4) is 0 Å². The average Bonchev–Trinajstić information content (AvgIpc) is 2.01. The Hall–Kier alpha value is -1.85. The van der Waals surface area contributed by atoms with Crippen LogP contribution in [0.2, 0.25) is 0 Å². The van der Waals surface area contributed by atoms with Gasteiger partial charge in [-0.3, -0.25) is 9.59 Å². The molecule has 0 saturated carbocycles. The molecule has 6 heteroatoms. The molecule has 14 heavy (non-hydrogen) atoms. The number of aromatic amines is 1. The predicted molar refractivity (Wildman–Crippen MR) is 46.5 cm³/mol. The molecule has 0 spiro atoms. The molecule has 1 aromatic heterocycles. The molecule has 76 valence electrons. The number of hydrogen-bond donors (Lipinski definition) is 2. The summed E-state index contributed by atoms with van der Waals surface area (Å²) in [7, 11) is 0. The van der Waals surface area contributed by atoms with Gasteiger partial charge >= 0.3 is 11.5 Å². The van der Waals surface area contributed by atoms with Crippen LogP contribution in [0.4, 0.5) is 0 Å². The standard InChI is InChI=1S/C8H10N2O4/c1-5(8(12)13)2-6-3-10(14)4-7(11)9-6/h3-5H,2H2,1H3,(H,9,11)(H,12,13). The molecule has 1 atom stereocenters.